The van der Waals surface area contributed by atoms with Crippen LogP contribution in [-0.4, -0.2) is 37.2 Å². The molecule has 1 aromatic rings. The zero-order valence-electron chi connectivity index (χ0n) is 7.57. The van der Waals surface area contributed by atoms with Crippen molar-refractivity contribution in [1.29, 1.82) is 0 Å². The molecule has 1 N–H and O–H groups in total. The van der Waals surface area contributed by atoms with Crippen LogP contribution in [0.5, 0.6) is 0 Å². The second-order valence-corrected chi connectivity index (χ2v) is 5.47. The van der Waals surface area contributed by atoms with Gasteiger partial charge in [0.05, 0.1) is 17.6 Å². The predicted molar refractivity (Wildman–Crippen MR) is 55.2 cm³/mol. The summed E-state index contributed by atoms with van der Waals surface area (Å²) < 4.78 is 21.6. The Morgan fingerprint density at radius 2 is 2.29 bits per heavy atom. The smallest absolute Gasteiger partial charge is 0.153 e. The maximum absolute atomic E-state index is 10.8. The molecule has 0 aromatic carbocycles. The molecule has 0 fully saturated rings. The SMILES string of the molecule is CS(=O)(=O)CCNc1cnnc(Cl)c1. The highest BCUT2D eigenvalue weighted by Crippen LogP contribution is 2.09. The van der Waals surface area contributed by atoms with Gasteiger partial charge in [-0.3, -0.25) is 0 Å². The third-order valence-corrected chi connectivity index (χ3v) is 2.56. The zero-order chi connectivity index (χ0) is 10.6. The van der Waals surface area contributed by atoms with Crippen molar-refractivity contribution in [2.24, 2.45) is 0 Å². The van der Waals surface area contributed by atoms with Crippen molar-refractivity contribution in [2.75, 3.05) is 23.9 Å². The number of nitrogens with one attached hydrogen (secondary N) is 1. The molecular weight excluding hydrogens is 226 g/mol. The molecule has 0 aliphatic rings. The van der Waals surface area contributed by atoms with E-state index in [1.165, 1.54) is 12.5 Å². The van der Waals surface area contributed by atoms with Crippen molar-refractivity contribution in [2.45, 2.75) is 0 Å². The van der Waals surface area contributed by atoms with Gasteiger partial charge in [-0.25, -0.2) is 8.42 Å². The van der Waals surface area contributed by atoms with E-state index in [2.05, 4.69) is 15.5 Å². The average molecular weight is 236 g/mol. The Morgan fingerprint density at radius 3 is 2.86 bits per heavy atom. The molecule has 0 radical (unpaired) electrons. The maximum Gasteiger partial charge on any atom is 0.153 e. The number of sulfone groups is 1. The fourth-order valence-electron chi connectivity index (χ4n) is 0.818. The molecule has 0 aliphatic carbocycles. The lowest BCUT2D eigenvalue weighted by molar-refractivity contribution is 0.602. The van der Waals surface area contributed by atoms with Gasteiger partial charge in [-0.1, -0.05) is 11.6 Å². The average Bonchev–Trinajstić information content (AvgIpc) is 2.01. The lowest BCUT2D eigenvalue weighted by Crippen LogP contribution is -2.14. The van der Waals surface area contributed by atoms with Gasteiger partial charge in [0.25, 0.3) is 0 Å². The number of anilines is 1. The molecule has 0 spiro atoms. The van der Waals surface area contributed by atoms with Crippen molar-refractivity contribution >= 4 is 27.1 Å². The first kappa shape index (κ1) is 11.2. The van der Waals surface area contributed by atoms with Crippen LogP contribution in [0.25, 0.3) is 0 Å². The summed E-state index contributed by atoms with van der Waals surface area (Å²) in [4.78, 5) is 0. The highest BCUT2D eigenvalue weighted by molar-refractivity contribution is 7.90. The van der Waals surface area contributed by atoms with Crippen molar-refractivity contribution in [3.63, 3.8) is 0 Å². The molecule has 0 unspecified atom stereocenters. The summed E-state index contributed by atoms with van der Waals surface area (Å²) in [7, 11) is -2.94. The van der Waals surface area contributed by atoms with Gasteiger partial charge in [0.1, 0.15) is 9.84 Å². The second kappa shape index (κ2) is 4.56. The molecule has 0 aliphatic heterocycles. The Morgan fingerprint density at radius 1 is 1.57 bits per heavy atom. The molecule has 1 aromatic heterocycles. The van der Waals surface area contributed by atoms with Crippen LogP contribution < -0.4 is 5.32 Å². The summed E-state index contributed by atoms with van der Waals surface area (Å²) >= 11 is 5.58. The van der Waals surface area contributed by atoms with Crippen LogP contribution in [0.15, 0.2) is 12.3 Å². The summed E-state index contributed by atoms with van der Waals surface area (Å²) in [6, 6.07) is 1.58. The molecule has 5 nitrogen and oxygen atoms in total. The number of hydrogen-bond acceptors (Lipinski definition) is 5. The largest absolute Gasteiger partial charge is 0.383 e. The van der Waals surface area contributed by atoms with E-state index >= 15 is 0 Å². The number of nitrogens with zero attached hydrogens (tertiary/aromatic N) is 2. The van der Waals surface area contributed by atoms with E-state index in [0.717, 1.165) is 0 Å². The third kappa shape index (κ3) is 4.38. The Balaban J connectivity index is 2.47. The van der Waals surface area contributed by atoms with Crippen LogP contribution in [-0.2, 0) is 9.84 Å². The van der Waals surface area contributed by atoms with Gasteiger partial charge in [-0.2, -0.15) is 5.10 Å². The van der Waals surface area contributed by atoms with Gasteiger partial charge < -0.3 is 5.32 Å². The fraction of sp³-hybridized carbons (Fsp3) is 0.429. The van der Waals surface area contributed by atoms with E-state index < -0.39 is 9.84 Å². The van der Waals surface area contributed by atoms with Crippen molar-refractivity contribution in [1.82, 2.24) is 10.2 Å². The standard InChI is InChI=1S/C7H10ClN3O2S/c1-14(12,13)3-2-9-6-4-7(8)11-10-5-6/h4-5H,2-3H2,1H3,(H,9,11). The third-order valence-electron chi connectivity index (χ3n) is 1.43. The molecule has 0 bridgehead atoms. The molecule has 7 heteroatoms. The minimum atomic E-state index is -2.94. The fourth-order valence-corrected chi connectivity index (χ4v) is 1.45. The maximum atomic E-state index is 10.8. The van der Waals surface area contributed by atoms with Gasteiger partial charge in [0.15, 0.2) is 5.15 Å². The molecule has 1 heterocycles. The molecule has 0 amide bonds. The summed E-state index contributed by atoms with van der Waals surface area (Å²) in [5.74, 6) is 0.0763. The van der Waals surface area contributed by atoms with E-state index in [0.29, 0.717) is 12.2 Å². The van der Waals surface area contributed by atoms with Gasteiger partial charge in [0.2, 0.25) is 0 Å². The molecule has 14 heavy (non-hydrogen) atoms. The molecule has 0 atom stereocenters. The van der Waals surface area contributed by atoms with E-state index in [1.54, 1.807) is 6.07 Å². The topological polar surface area (TPSA) is 72.0 Å². The predicted octanol–water partition coefficient (Wildman–Crippen LogP) is 0.586. The summed E-state index contributed by atoms with van der Waals surface area (Å²) in [6.45, 7) is 0.334. The first-order valence-electron chi connectivity index (χ1n) is 3.87. The number of rotatable bonds is 4. The van der Waals surface area contributed by atoms with Crippen molar-refractivity contribution in [3.05, 3.63) is 17.4 Å². The Bertz CT molecular complexity index is 407. The van der Waals surface area contributed by atoms with Crippen LogP contribution in [0.1, 0.15) is 0 Å². The van der Waals surface area contributed by atoms with E-state index in [1.807, 2.05) is 0 Å². The zero-order valence-corrected chi connectivity index (χ0v) is 9.14. The highest BCUT2D eigenvalue weighted by atomic mass is 35.5. The second-order valence-electron chi connectivity index (χ2n) is 2.82. The summed E-state index contributed by atoms with van der Waals surface area (Å²) in [5.41, 5.74) is 0.661. The van der Waals surface area contributed by atoms with Crippen LogP contribution in [0, 0.1) is 0 Å². The lowest BCUT2D eigenvalue weighted by atomic mass is 10.5. The van der Waals surface area contributed by atoms with Crippen LogP contribution >= 0.6 is 11.6 Å². The summed E-state index contributed by atoms with van der Waals surface area (Å²) in [6.07, 6.45) is 2.67. The van der Waals surface area contributed by atoms with Gasteiger partial charge in [-0.05, 0) is 0 Å². The Labute approximate surface area is 87.4 Å². The molecule has 1 rings (SSSR count). The molecule has 0 saturated heterocycles. The highest BCUT2D eigenvalue weighted by Gasteiger charge is 2.01. The normalized spacial score (nSPS) is 11.3. The lowest BCUT2D eigenvalue weighted by Gasteiger charge is -2.03. The van der Waals surface area contributed by atoms with Crippen LogP contribution in [0.2, 0.25) is 5.15 Å². The van der Waals surface area contributed by atoms with E-state index in [4.69, 9.17) is 11.6 Å². The Kier molecular flexibility index (Phi) is 3.65. The number of halogens is 1. The number of aromatic nitrogens is 2. The van der Waals surface area contributed by atoms with Crippen molar-refractivity contribution in [3.8, 4) is 0 Å². The van der Waals surface area contributed by atoms with Crippen LogP contribution in [0.3, 0.4) is 0 Å². The van der Waals surface area contributed by atoms with Gasteiger partial charge >= 0.3 is 0 Å². The molecule has 0 saturated carbocycles. The first-order chi connectivity index (χ1) is 6.47. The quantitative estimate of drug-likeness (QED) is 0.827. The molecular formula is C7H10ClN3O2S. The van der Waals surface area contributed by atoms with E-state index in [9.17, 15) is 8.42 Å². The minimum Gasteiger partial charge on any atom is -0.383 e. The van der Waals surface area contributed by atoms with Crippen LogP contribution in [0.4, 0.5) is 5.69 Å². The first-order valence-corrected chi connectivity index (χ1v) is 6.31. The van der Waals surface area contributed by atoms with E-state index in [-0.39, 0.29) is 10.9 Å². The Hall–Kier alpha value is -0.880. The molecule has 78 valence electrons. The summed E-state index contributed by atoms with van der Waals surface area (Å²) in [5, 5.41) is 10.3. The monoisotopic (exact) mass is 235 g/mol. The van der Waals surface area contributed by atoms with Gasteiger partial charge in [0, 0.05) is 18.9 Å². The van der Waals surface area contributed by atoms with Gasteiger partial charge in [-0.15, -0.1) is 5.10 Å². The minimum absolute atomic E-state index is 0.0763. The van der Waals surface area contributed by atoms with Crippen molar-refractivity contribution < 1.29 is 8.42 Å². The number of hydrogen-bond donors (Lipinski definition) is 1.